The zero-order valence-electron chi connectivity index (χ0n) is 13.2. The van der Waals surface area contributed by atoms with Gasteiger partial charge in [0.2, 0.25) is 5.95 Å². The molecule has 4 rings (SSSR count). The Bertz CT molecular complexity index is 840. The first-order valence-corrected chi connectivity index (χ1v) is 7.99. The molecule has 1 atom stereocenters. The van der Waals surface area contributed by atoms with Crippen molar-refractivity contribution >= 4 is 22.7 Å². The molecule has 1 aromatic carbocycles. The van der Waals surface area contributed by atoms with E-state index in [-0.39, 0.29) is 0 Å². The summed E-state index contributed by atoms with van der Waals surface area (Å²) in [6, 6.07) is 8.27. The first kappa shape index (κ1) is 14.0. The van der Waals surface area contributed by atoms with Crippen molar-refractivity contribution in [2.45, 2.75) is 32.4 Å². The topological polar surface area (TPSA) is 72.9 Å². The van der Waals surface area contributed by atoms with E-state index >= 15 is 0 Å². The third-order valence-electron chi connectivity index (χ3n) is 4.59. The molecule has 1 aliphatic heterocycles. The first-order chi connectivity index (χ1) is 11.2. The maximum atomic E-state index is 6.14. The minimum Gasteiger partial charge on any atom is -0.383 e. The van der Waals surface area contributed by atoms with Crippen LogP contribution in [0, 0.1) is 6.92 Å². The van der Waals surface area contributed by atoms with Crippen molar-refractivity contribution in [3.8, 4) is 0 Å². The predicted octanol–water partition coefficient (Wildman–Crippen LogP) is 2.39. The van der Waals surface area contributed by atoms with Crippen molar-refractivity contribution in [3.63, 3.8) is 0 Å². The van der Waals surface area contributed by atoms with Crippen LogP contribution in [0.1, 0.15) is 18.7 Å². The summed E-state index contributed by atoms with van der Waals surface area (Å²) in [4.78, 5) is 15.9. The van der Waals surface area contributed by atoms with E-state index in [1.807, 2.05) is 43.6 Å². The normalized spacial score (nSPS) is 18.0. The molecule has 1 aliphatic rings. The fraction of sp³-hybridized carbons (Fsp3) is 0.353. The van der Waals surface area contributed by atoms with Crippen LogP contribution in [-0.4, -0.2) is 32.1 Å². The molecule has 1 fully saturated rings. The number of nitrogens with zero attached hydrogens (tertiary/aromatic N) is 5. The molecule has 0 saturated carbocycles. The number of rotatable bonds is 3. The largest absolute Gasteiger partial charge is 0.383 e. The Morgan fingerprint density at radius 3 is 2.96 bits per heavy atom. The zero-order chi connectivity index (χ0) is 15.8. The molecule has 0 bridgehead atoms. The van der Waals surface area contributed by atoms with E-state index in [0.29, 0.717) is 11.9 Å². The molecular formula is C17H20N6. The third-order valence-corrected chi connectivity index (χ3v) is 4.59. The molecule has 0 amide bonds. The van der Waals surface area contributed by atoms with E-state index in [4.69, 9.17) is 10.7 Å². The number of aromatic nitrogens is 4. The molecule has 6 nitrogen and oxygen atoms in total. The standard InChI is InChI=1S/C17H20N6/c1-12-19-8-10-22(12)11-13-5-4-9-23(13)17-20-15-7-3-2-6-14(15)16(18)21-17/h2-3,6-8,10,13H,4-5,9,11H2,1H3,(H2,18,20,21)/t13-/m1/s1. The van der Waals surface area contributed by atoms with Crippen LogP contribution in [0.5, 0.6) is 0 Å². The monoisotopic (exact) mass is 308 g/mol. The van der Waals surface area contributed by atoms with Gasteiger partial charge in [-0.15, -0.1) is 0 Å². The van der Waals surface area contributed by atoms with E-state index in [9.17, 15) is 0 Å². The van der Waals surface area contributed by atoms with Crippen LogP contribution in [0.25, 0.3) is 10.9 Å². The van der Waals surface area contributed by atoms with Gasteiger partial charge in [0, 0.05) is 36.9 Å². The quantitative estimate of drug-likeness (QED) is 0.804. The van der Waals surface area contributed by atoms with E-state index in [2.05, 4.69) is 19.4 Å². The molecule has 2 aromatic heterocycles. The fourth-order valence-corrected chi connectivity index (χ4v) is 3.33. The number of para-hydroxylation sites is 1. The van der Waals surface area contributed by atoms with Crippen LogP contribution >= 0.6 is 0 Å². The third kappa shape index (κ3) is 2.50. The number of nitrogen functional groups attached to an aromatic ring is 1. The fourth-order valence-electron chi connectivity index (χ4n) is 3.33. The Hall–Kier alpha value is -2.63. The smallest absolute Gasteiger partial charge is 0.228 e. The number of fused-ring (bicyclic) bond motifs is 1. The summed E-state index contributed by atoms with van der Waals surface area (Å²) in [7, 11) is 0. The van der Waals surface area contributed by atoms with Crippen molar-refractivity contribution in [2.75, 3.05) is 17.2 Å². The molecule has 6 heteroatoms. The van der Waals surface area contributed by atoms with Crippen molar-refractivity contribution in [1.82, 2.24) is 19.5 Å². The predicted molar refractivity (Wildman–Crippen MR) is 91.3 cm³/mol. The van der Waals surface area contributed by atoms with Gasteiger partial charge in [-0.05, 0) is 31.9 Å². The lowest BCUT2D eigenvalue weighted by Crippen LogP contribution is -2.34. The number of imidazole rings is 1. The lowest BCUT2D eigenvalue weighted by molar-refractivity contribution is 0.535. The summed E-state index contributed by atoms with van der Waals surface area (Å²) in [5, 5.41) is 0.914. The SMILES string of the molecule is Cc1nccn1C[C@H]1CCCN1c1nc(N)c2ccccc2n1. The highest BCUT2D eigenvalue weighted by molar-refractivity contribution is 5.88. The zero-order valence-corrected chi connectivity index (χ0v) is 13.2. The molecule has 0 aliphatic carbocycles. The van der Waals surface area contributed by atoms with Gasteiger partial charge in [0.05, 0.1) is 5.52 Å². The number of aryl methyl sites for hydroxylation is 1. The van der Waals surface area contributed by atoms with Crippen molar-refractivity contribution in [1.29, 1.82) is 0 Å². The minimum atomic E-state index is 0.378. The summed E-state index contributed by atoms with van der Waals surface area (Å²) in [5.41, 5.74) is 7.04. The van der Waals surface area contributed by atoms with Crippen LogP contribution < -0.4 is 10.6 Å². The maximum Gasteiger partial charge on any atom is 0.228 e. The van der Waals surface area contributed by atoms with Crippen LogP contribution in [0.4, 0.5) is 11.8 Å². The molecule has 0 spiro atoms. The van der Waals surface area contributed by atoms with E-state index in [0.717, 1.165) is 48.6 Å². The summed E-state index contributed by atoms with van der Waals surface area (Å²) >= 11 is 0. The van der Waals surface area contributed by atoms with Crippen LogP contribution in [0.2, 0.25) is 0 Å². The van der Waals surface area contributed by atoms with Crippen molar-refractivity contribution < 1.29 is 0 Å². The summed E-state index contributed by atoms with van der Waals surface area (Å²) in [5.74, 6) is 2.33. The van der Waals surface area contributed by atoms with Gasteiger partial charge in [0.1, 0.15) is 11.6 Å². The van der Waals surface area contributed by atoms with E-state index < -0.39 is 0 Å². The van der Waals surface area contributed by atoms with Gasteiger partial charge in [0.15, 0.2) is 0 Å². The molecule has 118 valence electrons. The van der Waals surface area contributed by atoms with Gasteiger partial charge in [-0.3, -0.25) is 0 Å². The number of hydrogen-bond acceptors (Lipinski definition) is 5. The van der Waals surface area contributed by atoms with Gasteiger partial charge < -0.3 is 15.2 Å². The Kier molecular flexibility index (Phi) is 3.37. The lowest BCUT2D eigenvalue weighted by atomic mass is 10.2. The summed E-state index contributed by atoms with van der Waals surface area (Å²) in [6.45, 7) is 3.90. The Labute approximate surface area is 135 Å². The van der Waals surface area contributed by atoms with Crippen LogP contribution in [0.3, 0.4) is 0 Å². The van der Waals surface area contributed by atoms with E-state index in [1.54, 1.807) is 0 Å². The Morgan fingerprint density at radius 1 is 1.26 bits per heavy atom. The van der Waals surface area contributed by atoms with E-state index in [1.165, 1.54) is 0 Å². The Balaban J connectivity index is 1.67. The first-order valence-electron chi connectivity index (χ1n) is 7.99. The molecule has 0 radical (unpaired) electrons. The van der Waals surface area contributed by atoms with Crippen molar-refractivity contribution in [2.24, 2.45) is 0 Å². The van der Waals surface area contributed by atoms with Gasteiger partial charge in [0.25, 0.3) is 0 Å². The minimum absolute atomic E-state index is 0.378. The molecule has 3 aromatic rings. The molecular weight excluding hydrogens is 288 g/mol. The average Bonchev–Trinajstić information content (AvgIpc) is 3.17. The molecule has 0 unspecified atom stereocenters. The summed E-state index contributed by atoms with van der Waals surface area (Å²) in [6.07, 6.45) is 6.16. The number of nitrogens with two attached hydrogens (primary N) is 1. The number of benzene rings is 1. The van der Waals surface area contributed by atoms with Gasteiger partial charge >= 0.3 is 0 Å². The number of anilines is 2. The van der Waals surface area contributed by atoms with Crippen LogP contribution in [0.15, 0.2) is 36.7 Å². The van der Waals surface area contributed by atoms with Gasteiger partial charge in [-0.1, -0.05) is 12.1 Å². The highest BCUT2D eigenvalue weighted by atomic mass is 15.3. The Morgan fingerprint density at radius 2 is 2.13 bits per heavy atom. The maximum absolute atomic E-state index is 6.14. The van der Waals surface area contributed by atoms with Crippen LogP contribution in [-0.2, 0) is 6.54 Å². The highest BCUT2D eigenvalue weighted by Gasteiger charge is 2.27. The molecule has 2 N–H and O–H groups in total. The molecule has 23 heavy (non-hydrogen) atoms. The number of hydrogen-bond donors (Lipinski definition) is 1. The highest BCUT2D eigenvalue weighted by Crippen LogP contribution is 2.27. The van der Waals surface area contributed by atoms with Crippen molar-refractivity contribution in [3.05, 3.63) is 42.5 Å². The molecule has 1 saturated heterocycles. The second-order valence-electron chi connectivity index (χ2n) is 6.04. The van der Waals surface area contributed by atoms with Gasteiger partial charge in [-0.25, -0.2) is 9.97 Å². The second kappa shape index (κ2) is 5.53. The van der Waals surface area contributed by atoms with Gasteiger partial charge in [-0.2, -0.15) is 4.98 Å². The summed E-state index contributed by atoms with van der Waals surface area (Å²) < 4.78 is 2.19. The molecule has 3 heterocycles. The lowest BCUT2D eigenvalue weighted by Gasteiger charge is -2.25. The average molecular weight is 308 g/mol. The second-order valence-corrected chi connectivity index (χ2v) is 6.04.